The Hall–Kier alpha value is -1.03. The van der Waals surface area contributed by atoms with Crippen LogP contribution in [0.5, 0.6) is 0 Å². The zero-order valence-electron chi connectivity index (χ0n) is 14.2. The fourth-order valence-electron chi connectivity index (χ4n) is 2.63. The molecule has 3 heteroatoms. The second-order valence-electron chi connectivity index (χ2n) is 5.76. The van der Waals surface area contributed by atoms with E-state index < -0.39 is 0 Å². The molecule has 0 aliphatic rings. The average molecular weight is 346 g/mol. The lowest BCUT2D eigenvalue weighted by Gasteiger charge is -2.12. The van der Waals surface area contributed by atoms with Gasteiger partial charge >= 0.3 is 0 Å². The minimum absolute atomic E-state index is 0.772. The molecule has 1 aromatic carbocycles. The molecule has 2 aromatic rings. The quantitative estimate of drug-likeness (QED) is 0.312. The molecule has 2 rings (SSSR count). The van der Waals surface area contributed by atoms with Crippen LogP contribution in [0.1, 0.15) is 31.1 Å². The van der Waals surface area contributed by atoms with E-state index >= 15 is 0 Å². The fraction of sp³-hybridized carbons (Fsp3) is 0.400. The smallest absolute Gasteiger partial charge is 0.0346 e. The Kier molecular flexibility index (Phi) is 7.93. The van der Waals surface area contributed by atoms with Crippen molar-refractivity contribution >= 4 is 23.1 Å². The first-order chi connectivity index (χ1) is 11.3. The highest BCUT2D eigenvalue weighted by molar-refractivity contribution is 7.98. The summed E-state index contributed by atoms with van der Waals surface area (Å²) in [5.74, 6) is 0.772. The van der Waals surface area contributed by atoms with Crippen LogP contribution >= 0.6 is 23.1 Å². The molecule has 23 heavy (non-hydrogen) atoms. The summed E-state index contributed by atoms with van der Waals surface area (Å²) in [6.45, 7) is 8.17. The monoisotopic (exact) mass is 345 g/mol. The minimum atomic E-state index is 0.772. The molecule has 1 atom stereocenters. The molecule has 0 aliphatic carbocycles. The lowest BCUT2D eigenvalue weighted by atomic mass is 9.99. The maximum atomic E-state index is 3.85. The van der Waals surface area contributed by atoms with Crippen molar-refractivity contribution in [2.75, 3.05) is 12.8 Å². The highest BCUT2D eigenvalue weighted by Gasteiger charge is 2.05. The summed E-state index contributed by atoms with van der Waals surface area (Å²) >= 11 is 3.68. The summed E-state index contributed by atoms with van der Waals surface area (Å²) in [4.78, 5) is 4.08. The summed E-state index contributed by atoms with van der Waals surface area (Å²) in [6, 6.07) is 13.3. The molecule has 0 amide bonds. The molecule has 0 aliphatic heterocycles. The zero-order valence-corrected chi connectivity index (χ0v) is 15.8. The molecule has 1 heterocycles. The van der Waals surface area contributed by atoms with Crippen molar-refractivity contribution in [2.24, 2.45) is 5.92 Å². The van der Waals surface area contributed by atoms with Crippen LogP contribution in [0, 0.1) is 5.92 Å². The molecule has 0 spiro atoms. The Labute approximate surface area is 149 Å². The first kappa shape index (κ1) is 18.3. The largest absolute Gasteiger partial charge is 0.312 e. The molecule has 1 unspecified atom stereocenters. The lowest BCUT2D eigenvalue weighted by Crippen LogP contribution is -2.16. The number of hydrogen-bond acceptors (Lipinski definition) is 3. The van der Waals surface area contributed by atoms with Crippen molar-refractivity contribution in [1.82, 2.24) is 5.32 Å². The Morgan fingerprint density at radius 2 is 2.00 bits per heavy atom. The van der Waals surface area contributed by atoms with Crippen LogP contribution in [-0.4, -0.2) is 12.8 Å². The Morgan fingerprint density at radius 3 is 2.65 bits per heavy atom. The number of benzene rings is 1. The van der Waals surface area contributed by atoms with Crippen molar-refractivity contribution in [3.63, 3.8) is 0 Å². The molecule has 1 aromatic heterocycles. The molecule has 1 nitrogen and oxygen atoms in total. The first-order valence-corrected chi connectivity index (χ1v) is 10.4. The van der Waals surface area contributed by atoms with E-state index in [1.165, 1.54) is 33.1 Å². The van der Waals surface area contributed by atoms with Gasteiger partial charge in [0.05, 0.1) is 0 Å². The van der Waals surface area contributed by atoms with Gasteiger partial charge in [-0.15, -0.1) is 29.7 Å². The number of rotatable bonds is 10. The van der Waals surface area contributed by atoms with Gasteiger partial charge in [0.25, 0.3) is 0 Å². The zero-order chi connectivity index (χ0) is 16.5. The lowest BCUT2D eigenvalue weighted by molar-refractivity contribution is 0.456. The van der Waals surface area contributed by atoms with Crippen LogP contribution in [0.3, 0.4) is 0 Å². The molecule has 0 radical (unpaired) electrons. The van der Waals surface area contributed by atoms with Gasteiger partial charge in [-0.1, -0.05) is 31.6 Å². The number of hydrogen-bond donors (Lipinski definition) is 1. The van der Waals surface area contributed by atoms with Crippen LogP contribution in [-0.2, 0) is 6.54 Å². The molecule has 0 bridgehead atoms. The highest BCUT2D eigenvalue weighted by atomic mass is 32.2. The Balaban J connectivity index is 1.81. The van der Waals surface area contributed by atoms with E-state index in [2.05, 4.69) is 61.5 Å². The number of thiophene rings is 1. The second-order valence-corrected chi connectivity index (χ2v) is 7.81. The number of thioether (sulfide) groups is 1. The Bertz CT molecular complexity index is 586. The summed E-state index contributed by atoms with van der Waals surface area (Å²) in [6.07, 6.45) is 7.76. The third-order valence-electron chi connectivity index (χ3n) is 4.14. The average Bonchev–Trinajstić information content (AvgIpc) is 3.06. The van der Waals surface area contributed by atoms with Gasteiger partial charge in [0.15, 0.2) is 0 Å². The molecular formula is C20H27NS2. The van der Waals surface area contributed by atoms with E-state index in [1.807, 2.05) is 17.4 Å². The Morgan fingerprint density at radius 1 is 1.22 bits per heavy atom. The van der Waals surface area contributed by atoms with Crippen molar-refractivity contribution in [1.29, 1.82) is 0 Å². The summed E-state index contributed by atoms with van der Waals surface area (Å²) in [5.41, 5.74) is 1.32. The van der Waals surface area contributed by atoms with Gasteiger partial charge in [-0.25, -0.2) is 0 Å². The molecule has 1 N–H and O–H groups in total. The van der Waals surface area contributed by atoms with Crippen LogP contribution in [0.4, 0.5) is 0 Å². The van der Waals surface area contributed by atoms with Crippen molar-refractivity contribution in [2.45, 2.75) is 37.6 Å². The van der Waals surface area contributed by atoms with Gasteiger partial charge in [-0.05, 0) is 61.4 Å². The van der Waals surface area contributed by atoms with Gasteiger partial charge < -0.3 is 5.32 Å². The molecular weight excluding hydrogens is 318 g/mol. The van der Waals surface area contributed by atoms with E-state index in [4.69, 9.17) is 0 Å². The van der Waals surface area contributed by atoms with Crippen LogP contribution in [0.15, 0.2) is 53.9 Å². The third kappa shape index (κ3) is 5.83. The molecule has 0 fully saturated rings. The summed E-state index contributed by atoms with van der Waals surface area (Å²) < 4.78 is 0. The topological polar surface area (TPSA) is 12.0 Å². The molecule has 0 saturated heterocycles. The first-order valence-electron chi connectivity index (χ1n) is 8.31. The van der Waals surface area contributed by atoms with E-state index in [0.717, 1.165) is 25.4 Å². The number of allylic oxidation sites excluding steroid dienone is 1. The normalized spacial score (nSPS) is 12.3. The predicted molar refractivity (Wildman–Crippen MR) is 106 cm³/mol. The van der Waals surface area contributed by atoms with Crippen molar-refractivity contribution in [3.8, 4) is 10.4 Å². The van der Waals surface area contributed by atoms with Crippen molar-refractivity contribution in [3.05, 3.63) is 53.9 Å². The SMILES string of the molecule is C=CCC(CC)CCNCc1ccc(-c2ccc(SC)cc2)s1. The number of nitrogens with one attached hydrogen (secondary N) is 1. The second kappa shape index (κ2) is 9.96. The van der Waals surface area contributed by atoms with Crippen LogP contribution in [0.25, 0.3) is 10.4 Å². The fourth-order valence-corrected chi connectivity index (χ4v) is 4.02. The third-order valence-corrected chi connectivity index (χ3v) is 6.02. The van der Waals surface area contributed by atoms with E-state index in [-0.39, 0.29) is 0 Å². The summed E-state index contributed by atoms with van der Waals surface area (Å²) in [5, 5.41) is 3.58. The summed E-state index contributed by atoms with van der Waals surface area (Å²) in [7, 11) is 0. The molecule has 0 saturated carbocycles. The van der Waals surface area contributed by atoms with Gasteiger partial charge in [-0.3, -0.25) is 0 Å². The maximum Gasteiger partial charge on any atom is 0.0346 e. The van der Waals surface area contributed by atoms with E-state index in [9.17, 15) is 0 Å². The highest BCUT2D eigenvalue weighted by Crippen LogP contribution is 2.29. The van der Waals surface area contributed by atoms with Gasteiger partial charge in [0.1, 0.15) is 0 Å². The van der Waals surface area contributed by atoms with Gasteiger partial charge in [0.2, 0.25) is 0 Å². The maximum absolute atomic E-state index is 3.85. The molecule has 124 valence electrons. The van der Waals surface area contributed by atoms with Gasteiger partial charge in [-0.2, -0.15) is 0 Å². The standard InChI is InChI=1S/C20H27NS2/c1-4-6-16(5-2)13-14-21-15-19-11-12-20(23-19)17-7-9-18(22-3)10-8-17/h4,7-12,16,21H,1,5-6,13-15H2,2-3H3. The predicted octanol–water partition coefficient (Wildman–Crippen LogP) is 6.22. The van der Waals surface area contributed by atoms with Crippen LogP contribution in [0.2, 0.25) is 0 Å². The van der Waals surface area contributed by atoms with Crippen molar-refractivity contribution < 1.29 is 0 Å². The van der Waals surface area contributed by atoms with E-state index in [1.54, 1.807) is 11.8 Å². The van der Waals surface area contributed by atoms with Gasteiger partial charge in [0, 0.05) is 21.2 Å². The minimum Gasteiger partial charge on any atom is -0.312 e. The van der Waals surface area contributed by atoms with E-state index in [0.29, 0.717) is 0 Å². The van der Waals surface area contributed by atoms with Crippen LogP contribution < -0.4 is 5.32 Å².